The maximum absolute atomic E-state index is 13.4. The van der Waals surface area contributed by atoms with Gasteiger partial charge in [0.05, 0.1) is 16.8 Å². The molecule has 4 rings (SSSR count). The first-order valence-electron chi connectivity index (χ1n) is 10.6. The summed E-state index contributed by atoms with van der Waals surface area (Å²) in [6, 6.07) is 11.9. The molecule has 2 aromatic carbocycles. The number of benzene rings is 2. The molecule has 1 N–H and O–H groups in total. The third-order valence-electron chi connectivity index (χ3n) is 5.20. The Morgan fingerprint density at radius 1 is 1.23 bits per heavy atom. The van der Waals surface area contributed by atoms with E-state index in [1.165, 1.54) is 23.5 Å². The van der Waals surface area contributed by atoms with Crippen LogP contribution in [0, 0.1) is 5.82 Å². The number of hydrogen-bond donors (Lipinski definition) is 1. The van der Waals surface area contributed by atoms with Crippen LogP contribution in [0.25, 0.3) is 10.2 Å². The number of hydrogen-bond acceptors (Lipinski definition) is 5. The predicted molar refractivity (Wildman–Crippen MR) is 121 cm³/mol. The van der Waals surface area contributed by atoms with Gasteiger partial charge < -0.3 is 19.7 Å². The van der Waals surface area contributed by atoms with Crippen molar-refractivity contribution in [2.24, 2.45) is 0 Å². The minimum absolute atomic E-state index is 0.00554. The van der Waals surface area contributed by atoms with E-state index >= 15 is 0 Å². The minimum Gasteiger partial charge on any atom is -0.494 e. The van der Waals surface area contributed by atoms with E-state index in [9.17, 15) is 9.18 Å². The number of piperidine rings is 1. The van der Waals surface area contributed by atoms with E-state index in [0.717, 1.165) is 47.3 Å². The Morgan fingerprint density at radius 3 is 2.74 bits per heavy atom. The number of likely N-dealkylation sites (tertiary alicyclic amines) is 1. The van der Waals surface area contributed by atoms with Gasteiger partial charge in [-0.05, 0) is 48.9 Å². The number of anilines is 1. The van der Waals surface area contributed by atoms with Crippen molar-refractivity contribution in [3.63, 3.8) is 0 Å². The van der Waals surface area contributed by atoms with Gasteiger partial charge >= 0.3 is 6.03 Å². The topological polar surface area (TPSA) is 63.7 Å². The summed E-state index contributed by atoms with van der Waals surface area (Å²) in [5.41, 5.74) is 1.48. The van der Waals surface area contributed by atoms with Crippen LogP contribution >= 0.6 is 11.3 Å². The van der Waals surface area contributed by atoms with E-state index in [1.807, 2.05) is 24.3 Å². The Bertz CT molecular complexity index is 1020. The number of aromatic nitrogens is 1. The molecule has 0 aliphatic carbocycles. The van der Waals surface area contributed by atoms with E-state index < -0.39 is 0 Å². The van der Waals surface area contributed by atoms with Crippen LogP contribution in [0.5, 0.6) is 10.9 Å². The highest BCUT2D eigenvalue weighted by Crippen LogP contribution is 2.30. The van der Waals surface area contributed by atoms with E-state index in [4.69, 9.17) is 9.47 Å². The third-order valence-corrected chi connectivity index (χ3v) is 6.11. The minimum atomic E-state index is -0.277. The normalized spacial score (nSPS) is 14.6. The van der Waals surface area contributed by atoms with Crippen LogP contribution in [0.2, 0.25) is 0 Å². The molecule has 31 heavy (non-hydrogen) atoms. The zero-order valence-corrected chi connectivity index (χ0v) is 18.3. The smallest absolute Gasteiger partial charge is 0.321 e. The molecule has 0 bridgehead atoms. The molecule has 0 saturated carbocycles. The van der Waals surface area contributed by atoms with Crippen LogP contribution < -0.4 is 14.8 Å². The van der Waals surface area contributed by atoms with E-state index in [-0.39, 0.29) is 18.0 Å². The number of rotatable bonds is 7. The fourth-order valence-electron chi connectivity index (χ4n) is 3.42. The maximum Gasteiger partial charge on any atom is 0.321 e. The van der Waals surface area contributed by atoms with Crippen molar-refractivity contribution in [1.29, 1.82) is 0 Å². The fourth-order valence-corrected chi connectivity index (χ4v) is 4.32. The summed E-state index contributed by atoms with van der Waals surface area (Å²) >= 11 is 1.34. The Labute approximate surface area is 185 Å². The lowest BCUT2D eigenvalue weighted by molar-refractivity contribution is 0.115. The largest absolute Gasteiger partial charge is 0.494 e. The highest BCUT2D eigenvalue weighted by atomic mass is 32.1. The molecular formula is C23H26FN3O3S. The molecule has 1 aromatic heterocycles. The molecule has 2 heterocycles. The number of carbonyl (C=O) groups excluding carboxylic acids is 1. The number of amides is 2. The fraction of sp³-hybridized carbons (Fsp3) is 0.391. The first kappa shape index (κ1) is 21.4. The van der Waals surface area contributed by atoms with E-state index in [2.05, 4.69) is 17.2 Å². The van der Waals surface area contributed by atoms with Gasteiger partial charge in [-0.2, -0.15) is 0 Å². The van der Waals surface area contributed by atoms with Crippen molar-refractivity contribution in [2.75, 3.05) is 25.0 Å². The quantitative estimate of drug-likeness (QED) is 0.477. The number of unbranched alkanes of at least 4 members (excludes halogenated alkanes) is 1. The second-order valence-electron chi connectivity index (χ2n) is 7.55. The molecule has 8 heteroatoms. The highest BCUT2D eigenvalue weighted by molar-refractivity contribution is 7.20. The van der Waals surface area contributed by atoms with Crippen LogP contribution in [-0.4, -0.2) is 41.7 Å². The standard InChI is InChI=1S/C23H26FN3O3S/c1-2-3-14-29-18-7-5-17(6-8-18)25-22(28)27-12-10-19(11-13-27)30-23-26-20-9-4-16(24)15-21(20)31-23/h4-9,15,19H,2-3,10-14H2,1H3,(H,25,28). The number of ether oxygens (including phenoxy) is 2. The summed E-state index contributed by atoms with van der Waals surface area (Å²) in [5, 5.41) is 3.48. The summed E-state index contributed by atoms with van der Waals surface area (Å²) in [6.07, 6.45) is 3.56. The predicted octanol–water partition coefficient (Wildman–Crippen LogP) is 5.69. The molecule has 1 aliphatic heterocycles. The van der Waals surface area contributed by atoms with Crippen LogP contribution in [0.15, 0.2) is 42.5 Å². The van der Waals surface area contributed by atoms with Gasteiger partial charge in [0, 0.05) is 31.6 Å². The van der Waals surface area contributed by atoms with Crippen molar-refractivity contribution in [1.82, 2.24) is 9.88 Å². The van der Waals surface area contributed by atoms with Crippen molar-refractivity contribution >= 4 is 33.3 Å². The summed E-state index contributed by atoms with van der Waals surface area (Å²) in [6.45, 7) is 4.04. The van der Waals surface area contributed by atoms with Gasteiger partial charge in [-0.1, -0.05) is 24.7 Å². The lowest BCUT2D eigenvalue weighted by Gasteiger charge is -2.31. The van der Waals surface area contributed by atoms with Crippen molar-refractivity contribution in [2.45, 2.75) is 38.7 Å². The van der Waals surface area contributed by atoms with Gasteiger partial charge in [0.1, 0.15) is 17.7 Å². The molecule has 2 amide bonds. The molecule has 164 valence electrons. The van der Waals surface area contributed by atoms with Gasteiger partial charge in [-0.25, -0.2) is 14.2 Å². The Kier molecular flexibility index (Phi) is 6.86. The zero-order valence-electron chi connectivity index (χ0n) is 17.5. The van der Waals surface area contributed by atoms with Gasteiger partial charge in [0.25, 0.3) is 5.19 Å². The van der Waals surface area contributed by atoms with E-state index in [1.54, 1.807) is 11.0 Å². The first-order valence-corrected chi connectivity index (χ1v) is 11.4. The first-order chi connectivity index (χ1) is 15.1. The second kappa shape index (κ2) is 9.96. The maximum atomic E-state index is 13.4. The summed E-state index contributed by atoms with van der Waals surface area (Å²) in [7, 11) is 0. The molecule has 0 unspecified atom stereocenters. The number of halogens is 1. The summed E-state index contributed by atoms with van der Waals surface area (Å²) in [4.78, 5) is 18.8. The van der Waals surface area contributed by atoms with Crippen molar-refractivity contribution < 1.29 is 18.7 Å². The molecule has 3 aromatic rings. The molecule has 1 saturated heterocycles. The Hall–Kier alpha value is -2.87. The number of carbonyl (C=O) groups is 1. The van der Waals surface area contributed by atoms with E-state index in [0.29, 0.717) is 24.9 Å². The molecule has 0 spiro atoms. The number of nitrogens with zero attached hydrogens (tertiary/aromatic N) is 2. The molecule has 1 fully saturated rings. The van der Waals surface area contributed by atoms with Gasteiger partial charge in [0.15, 0.2) is 0 Å². The molecule has 6 nitrogen and oxygen atoms in total. The monoisotopic (exact) mass is 443 g/mol. The number of thiazole rings is 1. The number of fused-ring (bicyclic) bond motifs is 1. The Balaban J connectivity index is 1.24. The molecule has 0 radical (unpaired) electrons. The van der Waals surface area contributed by atoms with Gasteiger partial charge in [-0.15, -0.1) is 0 Å². The van der Waals surface area contributed by atoms with Crippen molar-refractivity contribution in [3.8, 4) is 10.9 Å². The SMILES string of the molecule is CCCCOc1ccc(NC(=O)N2CCC(Oc3nc4ccc(F)cc4s3)CC2)cc1. The molecular weight excluding hydrogens is 417 g/mol. The lowest BCUT2D eigenvalue weighted by Crippen LogP contribution is -2.43. The van der Waals surface area contributed by atoms with Crippen LogP contribution in [0.3, 0.4) is 0 Å². The van der Waals surface area contributed by atoms with Crippen molar-refractivity contribution in [3.05, 3.63) is 48.3 Å². The average Bonchev–Trinajstić information content (AvgIpc) is 3.17. The third kappa shape index (κ3) is 5.64. The lowest BCUT2D eigenvalue weighted by atomic mass is 10.1. The van der Waals surface area contributed by atoms with Crippen LogP contribution in [0.4, 0.5) is 14.9 Å². The van der Waals surface area contributed by atoms with Gasteiger partial charge in [-0.3, -0.25) is 0 Å². The average molecular weight is 444 g/mol. The van der Waals surface area contributed by atoms with Crippen LogP contribution in [-0.2, 0) is 0 Å². The number of nitrogens with one attached hydrogen (secondary N) is 1. The summed E-state index contributed by atoms with van der Waals surface area (Å²) in [5.74, 6) is 0.530. The summed E-state index contributed by atoms with van der Waals surface area (Å²) < 4.78 is 25.8. The number of urea groups is 1. The molecule has 0 atom stereocenters. The van der Waals surface area contributed by atoms with Gasteiger partial charge in [0.2, 0.25) is 0 Å². The zero-order chi connectivity index (χ0) is 21.6. The molecule has 1 aliphatic rings. The second-order valence-corrected chi connectivity index (χ2v) is 8.55. The Morgan fingerprint density at radius 2 is 2.00 bits per heavy atom. The highest BCUT2D eigenvalue weighted by Gasteiger charge is 2.25. The van der Waals surface area contributed by atoms with Crippen LogP contribution in [0.1, 0.15) is 32.6 Å².